The Morgan fingerprint density at radius 2 is 2.11 bits per heavy atom. The third kappa shape index (κ3) is 3.18. The average Bonchev–Trinajstić information content (AvgIpc) is 3.19. The van der Waals surface area contributed by atoms with Crippen LogP contribution in [0, 0.1) is 18.3 Å². The Morgan fingerprint density at radius 1 is 1.29 bits per heavy atom. The maximum Gasteiger partial charge on any atom is 0.257 e. The molecule has 0 N–H and O–H groups in total. The molecule has 0 aliphatic heterocycles. The molecule has 1 aliphatic carbocycles. The quantitative estimate of drug-likeness (QED) is 0.695. The number of fused-ring (bicyclic) bond motifs is 1. The van der Waals surface area contributed by atoms with Gasteiger partial charge in [-0.1, -0.05) is 5.16 Å². The normalized spacial score (nSPS) is 13.0. The summed E-state index contributed by atoms with van der Waals surface area (Å²) in [6.45, 7) is 2.16. The van der Waals surface area contributed by atoms with Crippen molar-refractivity contribution in [1.29, 1.82) is 5.26 Å². The molecule has 3 aromatic rings. The molecular weight excluding hydrogens is 356 g/mol. The van der Waals surface area contributed by atoms with E-state index in [0.29, 0.717) is 35.1 Å². The van der Waals surface area contributed by atoms with Gasteiger partial charge in [0.05, 0.1) is 24.9 Å². The molecule has 2 aromatic heterocycles. The monoisotopic (exact) mass is 376 g/mol. The molecule has 0 radical (unpaired) electrons. The van der Waals surface area contributed by atoms with Crippen LogP contribution in [0.2, 0.25) is 0 Å². The largest absolute Gasteiger partial charge is 0.495 e. The first-order chi connectivity index (χ1) is 13.6. The van der Waals surface area contributed by atoms with Crippen LogP contribution >= 0.6 is 0 Å². The number of methoxy groups -OCH3 is 1. The lowest BCUT2D eigenvalue weighted by Crippen LogP contribution is -2.31. The first kappa shape index (κ1) is 18.0. The third-order valence-corrected chi connectivity index (χ3v) is 5.11. The molecular formula is C21H20N4O3. The summed E-state index contributed by atoms with van der Waals surface area (Å²) < 4.78 is 12.4. The van der Waals surface area contributed by atoms with Gasteiger partial charge < -0.3 is 9.26 Å². The van der Waals surface area contributed by atoms with Gasteiger partial charge in [-0.2, -0.15) is 5.26 Å². The van der Waals surface area contributed by atoms with Gasteiger partial charge in [-0.15, -0.1) is 0 Å². The summed E-state index contributed by atoms with van der Waals surface area (Å²) in [6.07, 6.45) is 3.78. The van der Waals surface area contributed by atoms with Gasteiger partial charge in [0.25, 0.3) is 5.56 Å². The zero-order valence-electron chi connectivity index (χ0n) is 15.9. The van der Waals surface area contributed by atoms with Crippen LogP contribution in [0.3, 0.4) is 0 Å². The third-order valence-electron chi connectivity index (χ3n) is 5.11. The fourth-order valence-electron chi connectivity index (χ4n) is 3.62. The number of nitriles is 1. The second-order valence-electron chi connectivity index (χ2n) is 6.89. The van der Waals surface area contributed by atoms with E-state index < -0.39 is 0 Å². The van der Waals surface area contributed by atoms with E-state index in [1.54, 1.807) is 28.8 Å². The van der Waals surface area contributed by atoms with Crippen molar-refractivity contribution < 1.29 is 9.26 Å². The molecule has 0 amide bonds. The highest BCUT2D eigenvalue weighted by molar-refractivity contribution is 5.63. The summed E-state index contributed by atoms with van der Waals surface area (Å²) in [4.78, 5) is 17.5. The van der Waals surface area contributed by atoms with E-state index in [0.717, 1.165) is 42.5 Å². The van der Waals surface area contributed by atoms with Crippen molar-refractivity contribution in [3.8, 4) is 23.1 Å². The molecule has 0 saturated heterocycles. The number of hydrogen-bond acceptors (Lipinski definition) is 6. The summed E-state index contributed by atoms with van der Waals surface area (Å²) in [5.74, 6) is 1.72. The number of nitrogens with zero attached hydrogens (tertiary/aromatic N) is 4. The van der Waals surface area contributed by atoms with Crippen LogP contribution < -0.4 is 10.3 Å². The van der Waals surface area contributed by atoms with Crippen LogP contribution in [0.25, 0.3) is 11.3 Å². The van der Waals surface area contributed by atoms with Crippen molar-refractivity contribution in [2.75, 3.05) is 7.11 Å². The average molecular weight is 376 g/mol. The van der Waals surface area contributed by atoms with E-state index in [2.05, 4.69) is 16.2 Å². The Kier molecular flexibility index (Phi) is 4.70. The predicted molar refractivity (Wildman–Crippen MR) is 102 cm³/mol. The fourth-order valence-corrected chi connectivity index (χ4v) is 3.62. The molecule has 0 atom stereocenters. The lowest BCUT2D eigenvalue weighted by atomic mass is 9.97. The van der Waals surface area contributed by atoms with E-state index in [9.17, 15) is 4.79 Å². The number of aromatic nitrogens is 3. The Morgan fingerprint density at radius 3 is 2.89 bits per heavy atom. The standard InChI is InChI=1S/C21H20N4O3/c1-13-23-18-6-4-3-5-17(18)21(26)25(13)12-16-10-20(28-24-16)14-7-8-15(11-22)19(9-14)27-2/h7-10H,3-6,12H2,1-2H3. The highest BCUT2D eigenvalue weighted by Gasteiger charge is 2.19. The smallest absolute Gasteiger partial charge is 0.257 e. The lowest BCUT2D eigenvalue weighted by Gasteiger charge is -2.17. The first-order valence-corrected chi connectivity index (χ1v) is 9.24. The molecule has 2 heterocycles. The minimum atomic E-state index is 0.0202. The van der Waals surface area contributed by atoms with Gasteiger partial charge in [0.1, 0.15) is 23.3 Å². The molecule has 0 spiro atoms. The molecule has 7 heteroatoms. The van der Waals surface area contributed by atoms with Gasteiger partial charge in [-0.05, 0) is 50.8 Å². The van der Waals surface area contributed by atoms with Crippen LogP contribution in [0.4, 0.5) is 0 Å². The Labute approximate surface area is 162 Å². The first-order valence-electron chi connectivity index (χ1n) is 9.24. The van der Waals surface area contributed by atoms with Crippen molar-refractivity contribution in [3.63, 3.8) is 0 Å². The maximum atomic E-state index is 12.9. The Hall–Kier alpha value is -3.40. The van der Waals surface area contributed by atoms with Crippen LogP contribution in [-0.4, -0.2) is 21.8 Å². The predicted octanol–water partition coefficient (Wildman–Crippen LogP) is 3.01. The number of ether oxygens (including phenoxy) is 1. The molecule has 0 bridgehead atoms. The SMILES string of the molecule is COc1cc(-c2cc(Cn3c(C)nc4c(c3=O)CCCC4)no2)ccc1C#N. The Bertz CT molecular complexity index is 1140. The molecule has 142 valence electrons. The summed E-state index contributed by atoms with van der Waals surface area (Å²) in [5.41, 5.74) is 3.64. The van der Waals surface area contributed by atoms with Gasteiger partial charge in [0, 0.05) is 17.2 Å². The number of benzene rings is 1. The maximum absolute atomic E-state index is 12.9. The second kappa shape index (κ2) is 7.31. The highest BCUT2D eigenvalue weighted by Crippen LogP contribution is 2.27. The summed E-state index contributed by atoms with van der Waals surface area (Å²) >= 11 is 0. The number of rotatable bonds is 4. The zero-order chi connectivity index (χ0) is 19.7. The molecule has 28 heavy (non-hydrogen) atoms. The minimum absolute atomic E-state index is 0.0202. The van der Waals surface area contributed by atoms with Crippen molar-refractivity contribution >= 4 is 0 Å². The molecule has 4 rings (SSSR count). The van der Waals surface area contributed by atoms with E-state index in [1.807, 2.05) is 6.92 Å². The molecule has 0 unspecified atom stereocenters. The lowest BCUT2D eigenvalue weighted by molar-refractivity contribution is 0.410. The number of aryl methyl sites for hydroxylation is 2. The summed E-state index contributed by atoms with van der Waals surface area (Å²) in [5, 5.41) is 13.2. The summed E-state index contributed by atoms with van der Waals surface area (Å²) in [6, 6.07) is 9.08. The van der Waals surface area contributed by atoms with Crippen molar-refractivity contribution in [2.45, 2.75) is 39.2 Å². The van der Waals surface area contributed by atoms with Crippen LogP contribution in [0.15, 0.2) is 33.6 Å². The van der Waals surface area contributed by atoms with E-state index in [4.69, 9.17) is 14.5 Å². The second-order valence-corrected chi connectivity index (χ2v) is 6.89. The zero-order valence-corrected chi connectivity index (χ0v) is 15.9. The number of hydrogen-bond donors (Lipinski definition) is 0. The fraction of sp³-hybridized carbons (Fsp3) is 0.333. The van der Waals surface area contributed by atoms with Gasteiger partial charge in [0.2, 0.25) is 0 Å². The van der Waals surface area contributed by atoms with Crippen molar-refractivity contribution in [2.24, 2.45) is 0 Å². The molecule has 1 aliphatic rings. The van der Waals surface area contributed by atoms with Gasteiger partial charge in [0.15, 0.2) is 5.76 Å². The van der Waals surface area contributed by atoms with E-state index in [1.165, 1.54) is 7.11 Å². The van der Waals surface area contributed by atoms with Crippen LogP contribution in [0.1, 0.15) is 41.2 Å². The van der Waals surface area contributed by atoms with Gasteiger partial charge in [-0.3, -0.25) is 9.36 Å². The van der Waals surface area contributed by atoms with E-state index >= 15 is 0 Å². The summed E-state index contributed by atoms with van der Waals surface area (Å²) in [7, 11) is 1.52. The van der Waals surface area contributed by atoms with Crippen LogP contribution in [-0.2, 0) is 19.4 Å². The highest BCUT2D eigenvalue weighted by atomic mass is 16.5. The Balaban J connectivity index is 1.65. The van der Waals surface area contributed by atoms with Gasteiger partial charge in [-0.25, -0.2) is 4.98 Å². The van der Waals surface area contributed by atoms with Crippen molar-refractivity contribution in [1.82, 2.24) is 14.7 Å². The minimum Gasteiger partial charge on any atom is -0.495 e. The van der Waals surface area contributed by atoms with E-state index in [-0.39, 0.29) is 5.56 Å². The van der Waals surface area contributed by atoms with Gasteiger partial charge >= 0.3 is 0 Å². The molecule has 1 aromatic carbocycles. The van der Waals surface area contributed by atoms with Crippen molar-refractivity contribution in [3.05, 3.63) is 63.0 Å². The topological polar surface area (TPSA) is 93.9 Å². The van der Waals surface area contributed by atoms with Crippen LogP contribution in [0.5, 0.6) is 5.75 Å². The molecule has 7 nitrogen and oxygen atoms in total. The molecule has 0 fully saturated rings. The molecule has 0 saturated carbocycles.